The van der Waals surface area contributed by atoms with E-state index in [2.05, 4.69) is 4.98 Å². The number of aromatic amines is 1. The molecule has 2 aromatic rings. The molecule has 2 atom stereocenters. The van der Waals surface area contributed by atoms with E-state index in [0.29, 0.717) is 22.8 Å². The summed E-state index contributed by atoms with van der Waals surface area (Å²) in [6.45, 7) is 0. The van der Waals surface area contributed by atoms with Gasteiger partial charge in [0.2, 0.25) is 0 Å². The lowest BCUT2D eigenvalue weighted by molar-refractivity contribution is -0.153. The number of fused-ring (bicyclic) bond motifs is 1. The number of carbonyl (C=O) groups excluding carboxylic acids is 1. The summed E-state index contributed by atoms with van der Waals surface area (Å²) < 4.78 is 0. The first kappa shape index (κ1) is 12.3. The van der Waals surface area contributed by atoms with Crippen molar-refractivity contribution in [1.29, 1.82) is 0 Å². The summed E-state index contributed by atoms with van der Waals surface area (Å²) in [5.41, 5.74) is 1.33. The standard InChI is InChI=1S/C12H11NO5/c14-5-7-4-13-9-3-6(1-2-8(7)9)10(15)11(16)12(17)18/h1-5,10-11,13,15-16H,(H,17,18). The fraction of sp³-hybridized carbons (Fsp3) is 0.167. The first-order valence-electron chi connectivity index (χ1n) is 5.19. The van der Waals surface area contributed by atoms with Crippen molar-refractivity contribution in [3.8, 4) is 0 Å². The van der Waals surface area contributed by atoms with Crippen molar-refractivity contribution in [3.05, 3.63) is 35.5 Å². The summed E-state index contributed by atoms with van der Waals surface area (Å²) in [5, 5.41) is 28.2. The molecule has 0 radical (unpaired) electrons. The van der Waals surface area contributed by atoms with E-state index in [0.717, 1.165) is 0 Å². The topological polar surface area (TPSA) is 111 Å². The maximum Gasteiger partial charge on any atom is 0.335 e. The number of aromatic nitrogens is 1. The number of carboxylic acid groups (broad SMARTS) is 1. The molecule has 6 heteroatoms. The van der Waals surface area contributed by atoms with E-state index < -0.39 is 18.2 Å². The van der Waals surface area contributed by atoms with Gasteiger partial charge in [-0.25, -0.2) is 4.79 Å². The van der Waals surface area contributed by atoms with Crippen LogP contribution < -0.4 is 0 Å². The van der Waals surface area contributed by atoms with Gasteiger partial charge in [-0.3, -0.25) is 4.79 Å². The van der Waals surface area contributed by atoms with Crippen LogP contribution in [0.25, 0.3) is 10.9 Å². The number of aliphatic hydroxyl groups is 2. The number of aliphatic hydroxyl groups excluding tert-OH is 2. The number of carbonyl (C=O) groups is 2. The molecule has 0 bridgehead atoms. The molecule has 4 N–H and O–H groups in total. The van der Waals surface area contributed by atoms with Crippen molar-refractivity contribution >= 4 is 23.2 Å². The van der Waals surface area contributed by atoms with Crippen LogP contribution in [0.5, 0.6) is 0 Å². The molecular weight excluding hydrogens is 238 g/mol. The molecule has 0 fully saturated rings. The summed E-state index contributed by atoms with van der Waals surface area (Å²) >= 11 is 0. The summed E-state index contributed by atoms with van der Waals surface area (Å²) in [4.78, 5) is 24.1. The Morgan fingerprint density at radius 3 is 2.67 bits per heavy atom. The molecule has 1 aromatic heterocycles. The molecule has 0 aliphatic heterocycles. The number of carboxylic acids is 1. The predicted octanol–water partition coefficient (Wildman–Crippen LogP) is 0.459. The third-order valence-electron chi connectivity index (χ3n) is 2.76. The maximum atomic E-state index is 10.7. The SMILES string of the molecule is O=Cc1c[nH]c2cc(C(O)C(O)C(=O)O)ccc12. The number of benzene rings is 1. The first-order chi connectivity index (χ1) is 8.54. The molecule has 0 aliphatic carbocycles. The van der Waals surface area contributed by atoms with Crippen LogP contribution in [0.1, 0.15) is 22.0 Å². The average molecular weight is 249 g/mol. The number of aliphatic carboxylic acids is 1. The fourth-order valence-corrected chi connectivity index (χ4v) is 1.77. The van der Waals surface area contributed by atoms with Crippen LogP contribution in [0.2, 0.25) is 0 Å². The molecule has 0 aliphatic rings. The number of nitrogens with one attached hydrogen (secondary N) is 1. The minimum Gasteiger partial charge on any atom is -0.479 e. The quantitative estimate of drug-likeness (QED) is 0.588. The van der Waals surface area contributed by atoms with Gasteiger partial charge >= 0.3 is 5.97 Å². The van der Waals surface area contributed by atoms with Crippen molar-refractivity contribution in [2.45, 2.75) is 12.2 Å². The van der Waals surface area contributed by atoms with Gasteiger partial charge in [0.1, 0.15) is 6.10 Å². The van der Waals surface area contributed by atoms with Gasteiger partial charge in [0.15, 0.2) is 12.4 Å². The third kappa shape index (κ3) is 1.99. The summed E-state index contributed by atoms with van der Waals surface area (Å²) in [7, 11) is 0. The normalized spacial score (nSPS) is 14.3. The minimum atomic E-state index is -1.89. The molecule has 2 rings (SSSR count). The molecule has 1 heterocycles. The number of H-pyrrole nitrogens is 1. The molecule has 6 nitrogen and oxygen atoms in total. The monoisotopic (exact) mass is 249 g/mol. The van der Waals surface area contributed by atoms with Gasteiger partial charge in [-0.05, 0) is 11.6 Å². The van der Waals surface area contributed by atoms with E-state index in [9.17, 15) is 19.8 Å². The molecule has 2 unspecified atom stereocenters. The van der Waals surface area contributed by atoms with Crippen molar-refractivity contribution in [2.24, 2.45) is 0 Å². The van der Waals surface area contributed by atoms with Crippen LogP contribution in [0.4, 0.5) is 0 Å². The van der Waals surface area contributed by atoms with Crippen LogP contribution in [0.3, 0.4) is 0 Å². The molecule has 0 spiro atoms. The highest BCUT2D eigenvalue weighted by molar-refractivity contribution is 5.97. The average Bonchev–Trinajstić information content (AvgIpc) is 2.78. The van der Waals surface area contributed by atoms with Crippen molar-refractivity contribution in [1.82, 2.24) is 4.98 Å². The van der Waals surface area contributed by atoms with E-state index in [-0.39, 0.29) is 5.56 Å². The summed E-state index contributed by atoms with van der Waals surface area (Å²) in [6, 6.07) is 4.56. The van der Waals surface area contributed by atoms with E-state index >= 15 is 0 Å². The maximum absolute atomic E-state index is 10.7. The van der Waals surface area contributed by atoms with E-state index in [1.807, 2.05) is 0 Å². The van der Waals surface area contributed by atoms with Crippen molar-refractivity contribution in [3.63, 3.8) is 0 Å². The smallest absolute Gasteiger partial charge is 0.335 e. The Kier molecular flexibility index (Phi) is 3.14. The Hall–Kier alpha value is -2.18. The molecule has 1 aromatic carbocycles. The number of hydrogen-bond donors (Lipinski definition) is 4. The third-order valence-corrected chi connectivity index (χ3v) is 2.76. The Morgan fingerprint density at radius 2 is 2.06 bits per heavy atom. The lowest BCUT2D eigenvalue weighted by Gasteiger charge is -2.14. The van der Waals surface area contributed by atoms with Gasteiger partial charge in [0.05, 0.1) is 0 Å². The van der Waals surface area contributed by atoms with Crippen molar-refractivity contribution in [2.75, 3.05) is 0 Å². The van der Waals surface area contributed by atoms with Crippen LogP contribution in [0.15, 0.2) is 24.4 Å². The van der Waals surface area contributed by atoms with Crippen LogP contribution in [-0.4, -0.2) is 38.7 Å². The van der Waals surface area contributed by atoms with Crippen LogP contribution in [-0.2, 0) is 4.79 Å². The van der Waals surface area contributed by atoms with Gasteiger partial charge in [0.25, 0.3) is 0 Å². The Morgan fingerprint density at radius 1 is 1.33 bits per heavy atom. The molecule has 0 saturated heterocycles. The number of aldehydes is 1. The van der Waals surface area contributed by atoms with Gasteiger partial charge in [0, 0.05) is 22.7 Å². The Labute approximate surface area is 101 Å². The molecule has 94 valence electrons. The summed E-state index contributed by atoms with van der Waals surface area (Å²) in [5.74, 6) is -1.50. The second-order valence-electron chi connectivity index (χ2n) is 3.89. The molecule has 18 heavy (non-hydrogen) atoms. The Bertz CT molecular complexity index is 604. The van der Waals surface area contributed by atoms with Gasteiger partial charge in [-0.15, -0.1) is 0 Å². The van der Waals surface area contributed by atoms with E-state index in [1.165, 1.54) is 18.3 Å². The second kappa shape index (κ2) is 4.59. The van der Waals surface area contributed by atoms with Crippen LogP contribution in [0, 0.1) is 0 Å². The molecule has 0 amide bonds. The van der Waals surface area contributed by atoms with Crippen LogP contribution >= 0.6 is 0 Å². The zero-order chi connectivity index (χ0) is 13.3. The highest BCUT2D eigenvalue weighted by Crippen LogP contribution is 2.23. The minimum absolute atomic E-state index is 0.261. The number of hydrogen-bond acceptors (Lipinski definition) is 4. The van der Waals surface area contributed by atoms with Crippen molar-refractivity contribution < 1.29 is 24.9 Å². The molecular formula is C12H11NO5. The second-order valence-corrected chi connectivity index (χ2v) is 3.89. The van der Waals surface area contributed by atoms with E-state index in [1.54, 1.807) is 6.07 Å². The number of rotatable bonds is 4. The first-order valence-corrected chi connectivity index (χ1v) is 5.19. The zero-order valence-electron chi connectivity index (χ0n) is 9.20. The Balaban J connectivity index is 2.41. The summed E-state index contributed by atoms with van der Waals surface area (Å²) in [6.07, 6.45) is -1.19. The highest BCUT2D eigenvalue weighted by Gasteiger charge is 2.25. The lowest BCUT2D eigenvalue weighted by Crippen LogP contribution is -2.27. The highest BCUT2D eigenvalue weighted by atomic mass is 16.4. The molecule has 0 saturated carbocycles. The fourth-order valence-electron chi connectivity index (χ4n) is 1.77. The van der Waals surface area contributed by atoms with Gasteiger partial charge < -0.3 is 20.3 Å². The van der Waals surface area contributed by atoms with Gasteiger partial charge in [-0.2, -0.15) is 0 Å². The van der Waals surface area contributed by atoms with E-state index in [4.69, 9.17) is 5.11 Å². The largest absolute Gasteiger partial charge is 0.479 e. The van der Waals surface area contributed by atoms with Gasteiger partial charge in [-0.1, -0.05) is 12.1 Å². The zero-order valence-corrected chi connectivity index (χ0v) is 9.20. The predicted molar refractivity (Wildman–Crippen MR) is 62.3 cm³/mol. The lowest BCUT2D eigenvalue weighted by atomic mass is 10.0.